The van der Waals surface area contributed by atoms with Crippen molar-refractivity contribution < 1.29 is 9.84 Å². The highest BCUT2D eigenvalue weighted by Gasteiger charge is 2.09. The molecule has 3 nitrogen and oxygen atoms in total. The van der Waals surface area contributed by atoms with Crippen LogP contribution in [0.15, 0.2) is 53.0 Å². The highest BCUT2D eigenvalue weighted by molar-refractivity contribution is 9.10. The Balaban J connectivity index is 2.34. The highest BCUT2D eigenvalue weighted by atomic mass is 79.9. The van der Waals surface area contributed by atoms with Crippen LogP contribution < -0.4 is 4.74 Å². The number of aromatic nitrogens is 1. The number of ether oxygens (including phenoxy) is 1. The summed E-state index contributed by atoms with van der Waals surface area (Å²) in [5.74, 6) is 0.791. The van der Waals surface area contributed by atoms with E-state index in [0.29, 0.717) is 5.88 Å². The van der Waals surface area contributed by atoms with E-state index in [9.17, 15) is 5.11 Å². The van der Waals surface area contributed by atoms with Gasteiger partial charge in [-0.1, -0.05) is 28.1 Å². The molecule has 3 aromatic rings. The molecular weight excluding hydrogens is 318 g/mol. The molecular formula is C16H12BrNO2. The second-order valence-electron chi connectivity index (χ2n) is 4.42. The molecule has 0 fully saturated rings. The Morgan fingerprint density at radius 2 is 1.95 bits per heavy atom. The summed E-state index contributed by atoms with van der Waals surface area (Å²) in [6.07, 6.45) is 0. The molecule has 0 radical (unpaired) electrons. The van der Waals surface area contributed by atoms with Crippen molar-refractivity contribution in [2.75, 3.05) is 7.11 Å². The van der Waals surface area contributed by atoms with E-state index in [0.717, 1.165) is 26.5 Å². The van der Waals surface area contributed by atoms with Gasteiger partial charge < -0.3 is 9.84 Å². The summed E-state index contributed by atoms with van der Waals surface area (Å²) in [5.41, 5.74) is 2.75. The van der Waals surface area contributed by atoms with Gasteiger partial charge in [-0.2, -0.15) is 0 Å². The van der Waals surface area contributed by atoms with E-state index in [1.165, 1.54) is 0 Å². The second kappa shape index (κ2) is 5.13. The van der Waals surface area contributed by atoms with Gasteiger partial charge in [0.05, 0.1) is 12.6 Å². The molecule has 0 aliphatic rings. The van der Waals surface area contributed by atoms with Crippen LogP contribution in [0.2, 0.25) is 0 Å². The molecule has 0 unspecified atom stereocenters. The van der Waals surface area contributed by atoms with Crippen molar-refractivity contribution >= 4 is 26.8 Å². The molecule has 0 aliphatic heterocycles. The summed E-state index contributed by atoms with van der Waals surface area (Å²) in [4.78, 5) is 4.44. The minimum Gasteiger partial charge on any atom is -0.508 e. The summed E-state index contributed by atoms with van der Waals surface area (Å²) in [6, 6.07) is 14.9. The van der Waals surface area contributed by atoms with Crippen LogP contribution in [-0.4, -0.2) is 17.2 Å². The number of halogens is 1. The quantitative estimate of drug-likeness (QED) is 0.758. The van der Waals surface area contributed by atoms with Crippen LogP contribution in [0.5, 0.6) is 11.6 Å². The Hall–Kier alpha value is -2.07. The third kappa shape index (κ3) is 2.34. The number of hydrogen-bond acceptors (Lipinski definition) is 3. The number of rotatable bonds is 2. The summed E-state index contributed by atoms with van der Waals surface area (Å²) in [7, 11) is 1.60. The monoisotopic (exact) mass is 329 g/mol. The van der Waals surface area contributed by atoms with Crippen molar-refractivity contribution in [2.24, 2.45) is 0 Å². The molecule has 0 bridgehead atoms. The molecule has 1 N–H and O–H groups in total. The van der Waals surface area contributed by atoms with E-state index in [1.807, 2.05) is 36.4 Å². The lowest BCUT2D eigenvalue weighted by Crippen LogP contribution is -1.91. The van der Waals surface area contributed by atoms with Crippen molar-refractivity contribution in [3.05, 3.63) is 53.0 Å². The SMILES string of the molecule is COc1cc(-c2cccc(O)c2)c2cc(Br)ccc2n1. The van der Waals surface area contributed by atoms with Crippen LogP contribution in [0.4, 0.5) is 0 Å². The van der Waals surface area contributed by atoms with Crippen LogP contribution >= 0.6 is 15.9 Å². The average molecular weight is 330 g/mol. The predicted molar refractivity (Wildman–Crippen MR) is 83.1 cm³/mol. The first kappa shape index (κ1) is 12.9. The molecule has 3 rings (SSSR count). The maximum Gasteiger partial charge on any atom is 0.214 e. The van der Waals surface area contributed by atoms with E-state index < -0.39 is 0 Å². The largest absolute Gasteiger partial charge is 0.508 e. The number of fused-ring (bicyclic) bond motifs is 1. The standard InChI is InChI=1S/C16H12BrNO2/c1-20-16-9-13(10-3-2-4-12(19)7-10)14-8-11(17)5-6-15(14)18-16/h2-9,19H,1H3. The van der Waals surface area contributed by atoms with Crippen LogP contribution in [0, 0.1) is 0 Å². The maximum atomic E-state index is 9.67. The Morgan fingerprint density at radius 1 is 1.10 bits per heavy atom. The topological polar surface area (TPSA) is 42.4 Å². The molecule has 0 saturated heterocycles. The maximum absolute atomic E-state index is 9.67. The van der Waals surface area contributed by atoms with Crippen LogP contribution in [0.1, 0.15) is 0 Å². The van der Waals surface area contributed by atoms with Crippen LogP contribution in [0.25, 0.3) is 22.0 Å². The molecule has 1 heterocycles. The molecule has 2 aromatic carbocycles. The van der Waals surface area contributed by atoms with Gasteiger partial charge in [0.2, 0.25) is 5.88 Å². The first-order valence-electron chi connectivity index (χ1n) is 6.11. The van der Waals surface area contributed by atoms with E-state index in [4.69, 9.17) is 4.74 Å². The second-order valence-corrected chi connectivity index (χ2v) is 5.34. The van der Waals surface area contributed by atoms with Gasteiger partial charge in [-0.3, -0.25) is 0 Å². The van der Waals surface area contributed by atoms with Crippen LogP contribution in [0.3, 0.4) is 0 Å². The van der Waals surface area contributed by atoms with Crippen molar-refractivity contribution in [2.45, 2.75) is 0 Å². The Morgan fingerprint density at radius 3 is 2.70 bits per heavy atom. The van der Waals surface area contributed by atoms with Crippen LogP contribution in [-0.2, 0) is 0 Å². The first-order valence-corrected chi connectivity index (χ1v) is 6.90. The zero-order valence-corrected chi connectivity index (χ0v) is 12.4. The number of aromatic hydroxyl groups is 1. The lowest BCUT2D eigenvalue weighted by molar-refractivity contribution is 0.400. The predicted octanol–water partition coefficient (Wildman–Crippen LogP) is 4.38. The fourth-order valence-electron chi connectivity index (χ4n) is 2.19. The third-order valence-corrected chi connectivity index (χ3v) is 3.61. The van der Waals surface area contributed by atoms with Gasteiger partial charge in [-0.05, 0) is 41.5 Å². The van der Waals surface area contributed by atoms with Crippen molar-refractivity contribution in [3.63, 3.8) is 0 Å². The normalized spacial score (nSPS) is 10.7. The molecule has 1 aromatic heterocycles. The molecule has 4 heteroatoms. The molecule has 0 saturated carbocycles. The van der Waals surface area contributed by atoms with E-state index in [-0.39, 0.29) is 5.75 Å². The van der Waals surface area contributed by atoms with Crippen molar-refractivity contribution in [1.29, 1.82) is 0 Å². The molecule has 0 spiro atoms. The molecule has 0 amide bonds. The summed E-state index contributed by atoms with van der Waals surface area (Å²) in [5, 5.41) is 10.7. The van der Waals surface area contributed by atoms with Gasteiger partial charge in [0.25, 0.3) is 0 Å². The minimum absolute atomic E-state index is 0.237. The number of hydrogen-bond donors (Lipinski definition) is 1. The Bertz CT molecular complexity index is 787. The van der Waals surface area contributed by atoms with Gasteiger partial charge in [0, 0.05) is 15.9 Å². The first-order chi connectivity index (χ1) is 9.67. The lowest BCUT2D eigenvalue weighted by atomic mass is 10.0. The zero-order chi connectivity index (χ0) is 14.1. The average Bonchev–Trinajstić information content (AvgIpc) is 2.46. The number of phenols is 1. The number of phenolic OH excluding ortho intramolecular Hbond substituents is 1. The van der Waals surface area contributed by atoms with Gasteiger partial charge in [-0.25, -0.2) is 4.98 Å². The number of pyridine rings is 1. The molecule has 20 heavy (non-hydrogen) atoms. The summed E-state index contributed by atoms with van der Waals surface area (Å²) < 4.78 is 6.24. The van der Waals surface area contributed by atoms with E-state index in [1.54, 1.807) is 19.2 Å². The van der Waals surface area contributed by atoms with E-state index >= 15 is 0 Å². The number of methoxy groups -OCH3 is 1. The summed E-state index contributed by atoms with van der Waals surface area (Å²) >= 11 is 3.48. The van der Waals surface area contributed by atoms with Gasteiger partial charge in [-0.15, -0.1) is 0 Å². The molecule has 0 atom stereocenters. The fraction of sp³-hybridized carbons (Fsp3) is 0.0625. The third-order valence-electron chi connectivity index (χ3n) is 3.11. The smallest absolute Gasteiger partial charge is 0.214 e. The number of nitrogens with zero attached hydrogens (tertiary/aromatic N) is 1. The van der Waals surface area contributed by atoms with Gasteiger partial charge in [0.15, 0.2) is 0 Å². The summed E-state index contributed by atoms with van der Waals surface area (Å²) in [6.45, 7) is 0. The lowest BCUT2D eigenvalue weighted by Gasteiger charge is -2.10. The van der Waals surface area contributed by atoms with Crippen molar-refractivity contribution in [3.8, 4) is 22.8 Å². The minimum atomic E-state index is 0.237. The van der Waals surface area contributed by atoms with Crippen molar-refractivity contribution in [1.82, 2.24) is 4.98 Å². The number of benzene rings is 2. The molecule has 0 aliphatic carbocycles. The zero-order valence-electron chi connectivity index (χ0n) is 10.8. The Labute approximate surface area is 125 Å². The van der Waals surface area contributed by atoms with Gasteiger partial charge >= 0.3 is 0 Å². The van der Waals surface area contributed by atoms with Gasteiger partial charge in [0.1, 0.15) is 5.75 Å². The fourth-order valence-corrected chi connectivity index (χ4v) is 2.55. The molecule has 100 valence electrons. The highest BCUT2D eigenvalue weighted by Crippen LogP contribution is 2.33. The Kier molecular flexibility index (Phi) is 3.32. The van der Waals surface area contributed by atoms with E-state index in [2.05, 4.69) is 20.9 Å².